The number of carboxylic acids is 1. The van der Waals surface area contributed by atoms with Crippen LogP contribution in [-0.2, 0) is 16.1 Å². The van der Waals surface area contributed by atoms with Crippen molar-refractivity contribution in [3.63, 3.8) is 0 Å². The molecule has 1 N–H and O–H groups in total. The van der Waals surface area contributed by atoms with Crippen molar-refractivity contribution in [3.8, 4) is 11.3 Å². The lowest BCUT2D eigenvalue weighted by Gasteiger charge is -2.52. The number of rotatable bonds is 7. The van der Waals surface area contributed by atoms with Gasteiger partial charge in [0.2, 0.25) is 0 Å². The molecule has 1 aromatic carbocycles. The number of carbonyl (C=O) groups is 1. The van der Waals surface area contributed by atoms with Crippen LogP contribution >= 0.6 is 11.6 Å². The van der Waals surface area contributed by atoms with E-state index in [1.54, 1.807) is 6.08 Å². The molecule has 6 nitrogen and oxygen atoms in total. The number of nitrogens with zero attached hydrogens (tertiary/aromatic N) is 2. The van der Waals surface area contributed by atoms with Gasteiger partial charge < -0.3 is 19.3 Å². The van der Waals surface area contributed by atoms with Gasteiger partial charge in [0.25, 0.3) is 0 Å². The van der Waals surface area contributed by atoms with Gasteiger partial charge in [-0.1, -0.05) is 28.9 Å². The highest BCUT2D eigenvalue weighted by Crippen LogP contribution is 2.52. The maximum Gasteiger partial charge on any atom is 0.335 e. The number of likely N-dealkylation sites (tertiary alicyclic amines) is 1. The second-order valence-electron chi connectivity index (χ2n) is 11.2. The molecule has 1 unspecified atom stereocenters. The molecular weight excluding hydrogens is 495 g/mol. The Morgan fingerprint density at radius 1 is 1.30 bits per heavy atom. The van der Waals surface area contributed by atoms with E-state index in [1.165, 1.54) is 6.08 Å². The van der Waals surface area contributed by atoms with Crippen LogP contribution in [0.2, 0.25) is 5.02 Å². The topological polar surface area (TPSA) is 75.8 Å². The number of halogens is 2. The first kappa shape index (κ1) is 24.7. The van der Waals surface area contributed by atoms with Crippen molar-refractivity contribution in [3.05, 3.63) is 63.5 Å². The number of aliphatic carboxylic acids is 1. The van der Waals surface area contributed by atoms with Gasteiger partial charge in [-0.15, -0.1) is 0 Å². The average molecular weight is 527 g/mol. The number of aromatic nitrogens is 1. The fourth-order valence-corrected chi connectivity index (χ4v) is 6.56. The summed E-state index contributed by atoms with van der Waals surface area (Å²) >= 11 is 6.55. The van der Waals surface area contributed by atoms with Crippen molar-refractivity contribution in [1.82, 2.24) is 10.1 Å². The van der Waals surface area contributed by atoms with Crippen LogP contribution < -0.4 is 0 Å². The van der Waals surface area contributed by atoms with Gasteiger partial charge in [-0.25, -0.2) is 9.18 Å². The maximum atomic E-state index is 14.1. The lowest BCUT2D eigenvalue weighted by Crippen LogP contribution is -2.49. The molecule has 1 saturated heterocycles. The summed E-state index contributed by atoms with van der Waals surface area (Å²) in [6, 6.07) is 5.87. The van der Waals surface area contributed by atoms with E-state index in [0.717, 1.165) is 85.5 Å². The van der Waals surface area contributed by atoms with E-state index in [1.807, 2.05) is 25.1 Å². The molecule has 1 aromatic heterocycles. The first-order valence-corrected chi connectivity index (χ1v) is 13.6. The average Bonchev–Trinajstić information content (AvgIpc) is 3.61. The molecule has 1 aliphatic heterocycles. The van der Waals surface area contributed by atoms with Crippen LogP contribution in [0.1, 0.15) is 67.8 Å². The van der Waals surface area contributed by atoms with Crippen LogP contribution in [0, 0.1) is 12.3 Å². The molecule has 3 fully saturated rings. The number of hydrogen-bond donors (Lipinski definition) is 1. The fourth-order valence-electron chi connectivity index (χ4n) is 6.25. The van der Waals surface area contributed by atoms with Crippen molar-refractivity contribution >= 4 is 17.6 Å². The Kier molecular flexibility index (Phi) is 6.40. The number of carboxylic acid groups (broad SMARTS) is 1. The van der Waals surface area contributed by atoms with E-state index < -0.39 is 12.1 Å². The molecule has 0 bridgehead atoms. The van der Waals surface area contributed by atoms with Gasteiger partial charge in [0.1, 0.15) is 17.6 Å². The standard InChI is InChI=1S/C29H32ClFN2O4/c1-17-3-2-4-24(30)25(17)26-23(27(37-32-26)18-5-6-18)16-36-22-14-29(15-22)7-9-33(10-8-29)21-12-19(28(34)35)11-20(31)13-21/h2-4,11-12,18,20,22H,5-10,13-16H2,1H3,(H,34,35). The van der Waals surface area contributed by atoms with Crippen molar-refractivity contribution < 1.29 is 23.6 Å². The molecule has 1 spiro atoms. The number of aryl methyl sites for hydroxylation is 1. The Bertz CT molecular complexity index is 1240. The molecule has 4 aliphatic rings. The minimum absolute atomic E-state index is 0.0526. The van der Waals surface area contributed by atoms with Gasteiger partial charge in [0.15, 0.2) is 0 Å². The summed E-state index contributed by atoms with van der Waals surface area (Å²) in [6.07, 6.45) is 8.34. The van der Waals surface area contributed by atoms with Gasteiger partial charge in [0, 0.05) is 42.3 Å². The summed E-state index contributed by atoms with van der Waals surface area (Å²) in [7, 11) is 0. The normalized spacial score (nSPS) is 23.5. The molecule has 2 aromatic rings. The highest BCUT2D eigenvalue weighted by atomic mass is 35.5. The number of ether oxygens (including phenoxy) is 1. The van der Waals surface area contributed by atoms with Gasteiger partial charge in [-0.05, 0) is 74.6 Å². The van der Waals surface area contributed by atoms with Crippen LogP contribution in [0.25, 0.3) is 11.3 Å². The zero-order chi connectivity index (χ0) is 25.7. The van der Waals surface area contributed by atoms with Crippen molar-refractivity contribution in [2.75, 3.05) is 13.1 Å². The van der Waals surface area contributed by atoms with Gasteiger partial charge in [0.05, 0.1) is 23.3 Å². The zero-order valence-electron chi connectivity index (χ0n) is 21.0. The van der Waals surface area contributed by atoms with E-state index >= 15 is 0 Å². The molecule has 1 atom stereocenters. The lowest BCUT2D eigenvalue weighted by atomic mass is 9.61. The summed E-state index contributed by atoms with van der Waals surface area (Å²) < 4.78 is 26.3. The monoisotopic (exact) mass is 526 g/mol. The number of hydrogen-bond acceptors (Lipinski definition) is 5. The molecule has 0 amide bonds. The van der Waals surface area contributed by atoms with E-state index in [2.05, 4.69) is 10.1 Å². The molecular formula is C29H32ClFN2O4. The SMILES string of the molecule is Cc1cccc(Cl)c1-c1noc(C2CC2)c1COC1CC2(CCN(C3=CC(C(=O)O)=CC(F)C3)CC2)C1. The van der Waals surface area contributed by atoms with E-state index in [9.17, 15) is 14.3 Å². The van der Waals surface area contributed by atoms with Crippen LogP contribution in [0.15, 0.2) is 46.1 Å². The Labute approximate surface area is 221 Å². The first-order chi connectivity index (χ1) is 17.8. The minimum Gasteiger partial charge on any atom is -0.478 e. The molecule has 2 heterocycles. The zero-order valence-corrected chi connectivity index (χ0v) is 21.8. The minimum atomic E-state index is -1.24. The Morgan fingerprint density at radius 3 is 2.73 bits per heavy atom. The Morgan fingerprint density at radius 2 is 2.05 bits per heavy atom. The molecule has 2 saturated carbocycles. The van der Waals surface area contributed by atoms with E-state index in [-0.39, 0.29) is 23.5 Å². The van der Waals surface area contributed by atoms with Gasteiger partial charge in [-0.3, -0.25) is 0 Å². The van der Waals surface area contributed by atoms with Crippen LogP contribution in [-0.4, -0.2) is 46.5 Å². The molecule has 196 valence electrons. The Hall–Kier alpha value is -2.64. The summed E-state index contributed by atoms with van der Waals surface area (Å²) in [4.78, 5) is 13.5. The number of allylic oxidation sites excluding steroid dienone is 2. The lowest BCUT2D eigenvalue weighted by molar-refractivity contribution is -0.132. The summed E-state index contributed by atoms with van der Waals surface area (Å²) in [6.45, 7) is 4.16. The second kappa shape index (κ2) is 9.59. The molecule has 37 heavy (non-hydrogen) atoms. The highest BCUT2D eigenvalue weighted by Gasteiger charge is 2.47. The van der Waals surface area contributed by atoms with Crippen molar-refractivity contribution in [2.45, 2.75) is 76.7 Å². The van der Waals surface area contributed by atoms with Crippen molar-refractivity contribution in [1.29, 1.82) is 0 Å². The quantitative estimate of drug-likeness (QED) is 0.439. The molecule has 3 aliphatic carbocycles. The molecule has 0 radical (unpaired) electrons. The number of benzene rings is 1. The summed E-state index contributed by atoms with van der Waals surface area (Å²) in [5, 5.41) is 14.4. The highest BCUT2D eigenvalue weighted by molar-refractivity contribution is 6.33. The third kappa shape index (κ3) is 4.84. The Balaban J connectivity index is 1.08. The van der Waals surface area contributed by atoms with Crippen LogP contribution in [0.5, 0.6) is 0 Å². The first-order valence-electron chi connectivity index (χ1n) is 13.2. The third-order valence-electron chi connectivity index (χ3n) is 8.57. The molecule has 6 rings (SSSR count). The maximum absolute atomic E-state index is 14.1. The van der Waals surface area contributed by atoms with E-state index in [0.29, 0.717) is 17.5 Å². The van der Waals surface area contributed by atoms with Gasteiger partial charge in [-0.2, -0.15) is 0 Å². The van der Waals surface area contributed by atoms with Crippen molar-refractivity contribution in [2.24, 2.45) is 5.41 Å². The van der Waals surface area contributed by atoms with E-state index in [4.69, 9.17) is 20.9 Å². The van der Waals surface area contributed by atoms with Gasteiger partial charge >= 0.3 is 5.97 Å². The summed E-state index contributed by atoms with van der Waals surface area (Å²) in [5.41, 5.74) is 4.93. The number of piperidine rings is 1. The number of alkyl halides is 1. The van der Waals surface area contributed by atoms with Crippen LogP contribution in [0.3, 0.4) is 0 Å². The summed E-state index contributed by atoms with van der Waals surface area (Å²) in [5.74, 6) is 0.297. The largest absolute Gasteiger partial charge is 0.478 e. The predicted octanol–water partition coefficient (Wildman–Crippen LogP) is 6.58. The predicted molar refractivity (Wildman–Crippen MR) is 138 cm³/mol. The third-order valence-corrected chi connectivity index (χ3v) is 8.89. The molecule has 8 heteroatoms. The van der Waals surface area contributed by atoms with Crippen LogP contribution in [0.4, 0.5) is 4.39 Å². The smallest absolute Gasteiger partial charge is 0.335 e. The fraction of sp³-hybridized carbons (Fsp3) is 0.517. The second-order valence-corrected chi connectivity index (χ2v) is 11.6.